The third kappa shape index (κ3) is 4.36. The molecule has 0 saturated carbocycles. The van der Waals surface area contributed by atoms with Gasteiger partial charge >= 0.3 is 0 Å². The SMILES string of the molecule is CCc1ccccc1NC(=O)COc1cccc(-c2csc(N)n2)c1. The van der Waals surface area contributed by atoms with E-state index >= 15 is 0 Å². The van der Waals surface area contributed by atoms with Gasteiger partial charge in [0.05, 0.1) is 5.69 Å². The van der Waals surface area contributed by atoms with Crippen LogP contribution in [0.1, 0.15) is 12.5 Å². The number of nitrogens with one attached hydrogen (secondary N) is 1. The highest BCUT2D eigenvalue weighted by Gasteiger charge is 2.08. The average Bonchev–Trinajstić information content (AvgIpc) is 3.07. The first-order chi connectivity index (χ1) is 12.2. The van der Waals surface area contributed by atoms with Crippen LogP contribution in [0.25, 0.3) is 11.3 Å². The Morgan fingerprint density at radius 2 is 2.08 bits per heavy atom. The number of amides is 1. The highest BCUT2D eigenvalue weighted by atomic mass is 32.1. The second-order valence-electron chi connectivity index (χ2n) is 5.45. The summed E-state index contributed by atoms with van der Waals surface area (Å²) in [4.78, 5) is 16.4. The molecule has 3 rings (SSSR count). The molecular formula is C19H19N3O2S. The van der Waals surface area contributed by atoms with Gasteiger partial charge in [-0.1, -0.05) is 37.3 Å². The molecule has 0 aliphatic heterocycles. The van der Waals surface area contributed by atoms with Crippen LogP contribution in [0.3, 0.4) is 0 Å². The normalized spacial score (nSPS) is 10.4. The van der Waals surface area contributed by atoms with E-state index < -0.39 is 0 Å². The molecule has 0 saturated heterocycles. The Kier molecular flexibility index (Phi) is 5.30. The molecular weight excluding hydrogens is 334 g/mol. The number of nitrogen functional groups attached to an aromatic ring is 1. The largest absolute Gasteiger partial charge is 0.484 e. The van der Waals surface area contributed by atoms with Gasteiger partial charge in [-0.2, -0.15) is 0 Å². The summed E-state index contributed by atoms with van der Waals surface area (Å²) in [6, 6.07) is 15.2. The number of nitrogens with zero attached hydrogens (tertiary/aromatic N) is 1. The van der Waals surface area contributed by atoms with Crippen molar-refractivity contribution in [2.75, 3.05) is 17.7 Å². The fourth-order valence-electron chi connectivity index (χ4n) is 2.45. The molecule has 1 aromatic heterocycles. The molecule has 128 valence electrons. The van der Waals surface area contributed by atoms with Crippen LogP contribution in [0, 0.1) is 0 Å². The summed E-state index contributed by atoms with van der Waals surface area (Å²) in [5.41, 5.74) is 9.30. The van der Waals surface area contributed by atoms with E-state index in [1.807, 2.05) is 53.9 Å². The maximum absolute atomic E-state index is 12.1. The molecule has 2 aromatic carbocycles. The lowest BCUT2D eigenvalue weighted by molar-refractivity contribution is -0.118. The van der Waals surface area contributed by atoms with Crippen molar-refractivity contribution >= 4 is 28.1 Å². The summed E-state index contributed by atoms with van der Waals surface area (Å²) >= 11 is 1.39. The van der Waals surface area contributed by atoms with E-state index in [1.54, 1.807) is 0 Å². The molecule has 25 heavy (non-hydrogen) atoms. The number of rotatable bonds is 6. The van der Waals surface area contributed by atoms with Crippen LogP contribution < -0.4 is 15.8 Å². The molecule has 1 heterocycles. The minimum atomic E-state index is -0.191. The van der Waals surface area contributed by atoms with Crippen molar-refractivity contribution in [1.29, 1.82) is 0 Å². The monoisotopic (exact) mass is 353 g/mol. The van der Waals surface area contributed by atoms with E-state index in [-0.39, 0.29) is 12.5 Å². The van der Waals surface area contributed by atoms with E-state index in [4.69, 9.17) is 10.5 Å². The number of thiazole rings is 1. The lowest BCUT2D eigenvalue weighted by Gasteiger charge is -2.11. The maximum Gasteiger partial charge on any atom is 0.262 e. The molecule has 1 amide bonds. The lowest BCUT2D eigenvalue weighted by atomic mass is 10.1. The summed E-state index contributed by atoms with van der Waals surface area (Å²) in [5.74, 6) is 0.423. The Morgan fingerprint density at radius 3 is 2.84 bits per heavy atom. The second kappa shape index (κ2) is 7.81. The van der Waals surface area contributed by atoms with Crippen LogP contribution in [0.2, 0.25) is 0 Å². The predicted octanol–water partition coefficient (Wildman–Crippen LogP) is 3.97. The second-order valence-corrected chi connectivity index (χ2v) is 6.34. The van der Waals surface area contributed by atoms with Crippen molar-refractivity contribution in [1.82, 2.24) is 4.98 Å². The smallest absolute Gasteiger partial charge is 0.262 e. The molecule has 0 fully saturated rings. The van der Waals surface area contributed by atoms with Gasteiger partial charge in [0.1, 0.15) is 5.75 Å². The Labute approximate surface area is 150 Å². The number of carbonyl (C=O) groups is 1. The highest BCUT2D eigenvalue weighted by molar-refractivity contribution is 7.13. The van der Waals surface area contributed by atoms with Gasteiger partial charge in [-0.3, -0.25) is 4.79 Å². The summed E-state index contributed by atoms with van der Waals surface area (Å²) < 4.78 is 5.61. The zero-order valence-electron chi connectivity index (χ0n) is 13.9. The fraction of sp³-hybridized carbons (Fsp3) is 0.158. The van der Waals surface area contributed by atoms with Crippen molar-refractivity contribution in [3.63, 3.8) is 0 Å². The van der Waals surface area contributed by atoms with Crippen LogP contribution in [0.5, 0.6) is 5.75 Å². The first kappa shape index (κ1) is 17.0. The summed E-state index contributed by atoms with van der Waals surface area (Å²) in [7, 11) is 0. The number of hydrogen-bond acceptors (Lipinski definition) is 5. The molecule has 5 nitrogen and oxygen atoms in total. The fourth-order valence-corrected chi connectivity index (χ4v) is 3.02. The Morgan fingerprint density at radius 1 is 1.24 bits per heavy atom. The van der Waals surface area contributed by atoms with Crippen molar-refractivity contribution in [2.24, 2.45) is 0 Å². The van der Waals surface area contributed by atoms with Gasteiger partial charge in [-0.25, -0.2) is 4.98 Å². The highest BCUT2D eigenvalue weighted by Crippen LogP contribution is 2.26. The van der Waals surface area contributed by atoms with Gasteiger partial charge in [0.25, 0.3) is 5.91 Å². The third-order valence-corrected chi connectivity index (χ3v) is 4.37. The Balaban J connectivity index is 1.62. The third-order valence-electron chi connectivity index (χ3n) is 3.69. The van der Waals surface area contributed by atoms with E-state index in [0.29, 0.717) is 10.9 Å². The quantitative estimate of drug-likeness (QED) is 0.703. The average molecular weight is 353 g/mol. The topological polar surface area (TPSA) is 77.2 Å². The van der Waals surface area contributed by atoms with Gasteiger partial charge in [0.15, 0.2) is 11.7 Å². The number of carbonyl (C=O) groups excluding carboxylic acids is 1. The minimum absolute atomic E-state index is 0.0549. The molecule has 3 N–H and O–H groups in total. The van der Waals surface area contributed by atoms with Crippen molar-refractivity contribution in [3.05, 3.63) is 59.5 Å². The number of nitrogens with two attached hydrogens (primary N) is 1. The molecule has 0 spiro atoms. The van der Waals surface area contributed by atoms with Crippen LogP contribution in [0.4, 0.5) is 10.8 Å². The lowest BCUT2D eigenvalue weighted by Crippen LogP contribution is -2.20. The molecule has 3 aromatic rings. The molecule has 0 aliphatic carbocycles. The maximum atomic E-state index is 12.1. The van der Waals surface area contributed by atoms with Gasteiger partial charge < -0.3 is 15.8 Å². The van der Waals surface area contributed by atoms with E-state index in [1.165, 1.54) is 11.3 Å². The van der Waals surface area contributed by atoms with E-state index in [2.05, 4.69) is 17.2 Å². The van der Waals surface area contributed by atoms with E-state index in [9.17, 15) is 4.79 Å². The summed E-state index contributed by atoms with van der Waals surface area (Å²) in [5, 5.41) is 5.31. The number of hydrogen-bond donors (Lipinski definition) is 2. The van der Waals surface area contributed by atoms with Crippen LogP contribution in [-0.2, 0) is 11.2 Å². The number of aryl methyl sites for hydroxylation is 1. The zero-order chi connectivity index (χ0) is 17.6. The van der Waals surface area contributed by atoms with Crippen LogP contribution in [-0.4, -0.2) is 17.5 Å². The van der Waals surface area contributed by atoms with E-state index in [0.717, 1.165) is 28.9 Å². The van der Waals surface area contributed by atoms with Gasteiger partial charge in [0.2, 0.25) is 0 Å². The molecule has 0 atom stereocenters. The molecule has 0 radical (unpaired) electrons. The van der Waals surface area contributed by atoms with Crippen LogP contribution in [0.15, 0.2) is 53.9 Å². The molecule has 0 bridgehead atoms. The predicted molar refractivity (Wildman–Crippen MR) is 102 cm³/mol. The number of aromatic nitrogens is 1. The van der Waals surface area contributed by atoms with Gasteiger partial charge in [-0.05, 0) is 30.2 Å². The molecule has 6 heteroatoms. The number of para-hydroxylation sites is 1. The summed E-state index contributed by atoms with van der Waals surface area (Å²) in [6.07, 6.45) is 0.857. The molecule has 0 unspecified atom stereocenters. The first-order valence-corrected chi connectivity index (χ1v) is 8.85. The van der Waals surface area contributed by atoms with Crippen molar-refractivity contribution in [2.45, 2.75) is 13.3 Å². The Bertz CT molecular complexity index is 876. The van der Waals surface area contributed by atoms with Crippen molar-refractivity contribution < 1.29 is 9.53 Å². The standard InChI is InChI=1S/C19H19N3O2S/c1-2-13-6-3-4-9-16(13)21-18(23)11-24-15-8-5-7-14(10-15)17-12-25-19(20)22-17/h3-10,12H,2,11H2,1H3,(H2,20,22)(H,21,23). The number of anilines is 2. The van der Waals surface area contributed by atoms with Crippen LogP contribution >= 0.6 is 11.3 Å². The minimum Gasteiger partial charge on any atom is -0.484 e. The van der Waals surface area contributed by atoms with Gasteiger partial charge in [-0.15, -0.1) is 11.3 Å². The number of ether oxygens (including phenoxy) is 1. The summed E-state index contributed by atoms with van der Waals surface area (Å²) in [6.45, 7) is 2.00. The Hall–Kier alpha value is -2.86. The molecule has 0 aliphatic rings. The zero-order valence-corrected chi connectivity index (χ0v) is 14.7. The van der Waals surface area contributed by atoms with Gasteiger partial charge in [0, 0.05) is 16.6 Å². The first-order valence-electron chi connectivity index (χ1n) is 7.97. The number of benzene rings is 2. The van der Waals surface area contributed by atoms with Crippen molar-refractivity contribution in [3.8, 4) is 17.0 Å².